The summed E-state index contributed by atoms with van der Waals surface area (Å²) in [7, 11) is 0. The van der Waals surface area contributed by atoms with Gasteiger partial charge in [0.2, 0.25) is 11.5 Å². The Morgan fingerprint density at radius 1 is 1.44 bits per heavy atom. The predicted molar refractivity (Wildman–Crippen MR) is 89.4 cm³/mol. The fourth-order valence-corrected chi connectivity index (χ4v) is 4.66. The Hall–Kier alpha value is -1.45. The third kappa shape index (κ3) is 3.45. The summed E-state index contributed by atoms with van der Waals surface area (Å²) >= 11 is 2.20. The highest BCUT2D eigenvalue weighted by atomic mass is 32.1. The van der Waals surface area contributed by atoms with Crippen molar-refractivity contribution in [3.63, 3.8) is 0 Å². The number of likely N-dealkylation sites (tertiary alicyclic amines) is 1. The molecule has 0 spiro atoms. The lowest BCUT2D eigenvalue weighted by molar-refractivity contribution is -0.268. The van der Waals surface area contributed by atoms with E-state index in [0.29, 0.717) is 30.0 Å². The minimum Gasteiger partial charge on any atom is -0.374 e. The molecule has 1 N–H and O–H groups in total. The van der Waals surface area contributed by atoms with E-state index in [2.05, 4.69) is 4.98 Å². The summed E-state index contributed by atoms with van der Waals surface area (Å²) < 4.78 is 40.7. The first-order valence-corrected chi connectivity index (χ1v) is 9.58. The molecule has 0 bridgehead atoms. The molecule has 1 amide bonds. The fourth-order valence-electron chi connectivity index (χ4n) is 3.04. The van der Waals surface area contributed by atoms with Gasteiger partial charge in [-0.3, -0.25) is 4.79 Å². The van der Waals surface area contributed by atoms with Crippen LogP contribution in [0.5, 0.6) is 0 Å². The average molecular weight is 390 g/mol. The number of thiazole rings is 1. The first-order valence-electron chi connectivity index (χ1n) is 7.75. The molecule has 2 atom stereocenters. The van der Waals surface area contributed by atoms with E-state index in [0.717, 1.165) is 12.0 Å². The second-order valence-electron chi connectivity index (χ2n) is 6.13. The van der Waals surface area contributed by atoms with E-state index in [1.165, 1.54) is 21.6 Å². The molecular weight excluding hydrogens is 373 g/mol. The molecule has 4 nitrogen and oxygen atoms in total. The Balaban J connectivity index is 1.86. The Morgan fingerprint density at radius 2 is 2.20 bits per heavy atom. The van der Waals surface area contributed by atoms with E-state index in [9.17, 15) is 23.1 Å². The van der Waals surface area contributed by atoms with E-state index in [1.807, 2.05) is 16.8 Å². The molecular formula is C16H17F3N2O2S2. The van der Waals surface area contributed by atoms with Crippen LogP contribution in [-0.4, -0.2) is 33.6 Å². The number of carbonyl (C=O) groups excluding carboxylic acids is 1. The zero-order valence-electron chi connectivity index (χ0n) is 13.4. The largest absolute Gasteiger partial charge is 0.424 e. The van der Waals surface area contributed by atoms with Gasteiger partial charge in [0.1, 0.15) is 5.01 Å². The molecule has 1 aliphatic heterocycles. The standard InChI is InChI=1S/C16H17F3N2O2S2/c1-10-8-25-14(20-10)15(23,16(17,18)19)7-13(22)21-5-2-3-12(21)11-4-6-24-9-11/h4,6,8-9,12,23H,2-3,5,7H2,1H3/t12-,15-/m1/s1. The first-order chi connectivity index (χ1) is 11.7. The highest BCUT2D eigenvalue weighted by Gasteiger charge is 2.58. The van der Waals surface area contributed by atoms with Crippen LogP contribution in [0.2, 0.25) is 0 Å². The van der Waals surface area contributed by atoms with Crippen LogP contribution in [0.4, 0.5) is 13.2 Å². The number of hydrogen-bond donors (Lipinski definition) is 1. The van der Waals surface area contributed by atoms with E-state index in [4.69, 9.17) is 0 Å². The molecule has 2 aromatic heterocycles. The molecule has 1 aliphatic rings. The molecule has 1 saturated heterocycles. The lowest BCUT2D eigenvalue weighted by Gasteiger charge is -2.31. The summed E-state index contributed by atoms with van der Waals surface area (Å²) in [6.07, 6.45) is -4.59. The monoisotopic (exact) mass is 390 g/mol. The Kier molecular flexibility index (Phi) is 4.91. The van der Waals surface area contributed by atoms with Gasteiger partial charge in [-0.15, -0.1) is 11.3 Å². The van der Waals surface area contributed by atoms with Crippen molar-refractivity contribution >= 4 is 28.6 Å². The first kappa shape index (κ1) is 18.3. The number of aromatic nitrogens is 1. The van der Waals surface area contributed by atoms with Crippen molar-refractivity contribution in [2.75, 3.05) is 6.54 Å². The van der Waals surface area contributed by atoms with E-state index >= 15 is 0 Å². The quantitative estimate of drug-likeness (QED) is 0.858. The fraction of sp³-hybridized carbons (Fsp3) is 0.500. The van der Waals surface area contributed by atoms with Gasteiger partial charge in [-0.2, -0.15) is 24.5 Å². The van der Waals surface area contributed by atoms with Gasteiger partial charge in [0, 0.05) is 17.6 Å². The van der Waals surface area contributed by atoms with Crippen LogP contribution in [0.25, 0.3) is 0 Å². The molecule has 0 aromatic carbocycles. The summed E-state index contributed by atoms with van der Waals surface area (Å²) in [5, 5.41) is 15.1. The maximum atomic E-state index is 13.6. The van der Waals surface area contributed by atoms with Gasteiger partial charge in [0.05, 0.1) is 12.5 Å². The number of hydrogen-bond acceptors (Lipinski definition) is 5. The van der Waals surface area contributed by atoms with Crippen molar-refractivity contribution in [3.05, 3.63) is 38.5 Å². The topological polar surface area (TPSA) is 53.4 Å². The van der Waals surface area contributed by atoms with Crippen LogP contribution in [-0.2, 0) is 10.4 Å². The molecule has 0 aliphatic carbocycles. The maximum absolute atomic E-state index is 13.6. The summed E-state index contributed by atoms with van der Waals surface area (Å²) in [6.45, 7) is 1.94. The van der Waals surface area contributed by atoms with Crippen molar-refractivity contribution in [3.8, 4) is 0 Å². The average Bonchev–Trinajstić information content (AvgIpc) is 3.26. The number of halogens is 3. The highest BCUT2D eigenvalue weighted by molar-refractivity contribution is 7.09. The molecule has 25 heavy (non-hydrogen) atoms. The number of nitrogens with zero attached hydrogens (tertiary/aromatic N) is 2. The van der Waals surface area contributed by atoms with Crippen molar-refractivity contribution in [2.45, 2.75) is 44.0 Å². The lowest BCUT2D eigenvalue weighted by Crippen LogP contribution is -2.47. The SMILES string of the molecule is Cc1csc([C@](O)(CC(=O)N2CCC[C@@H]2c2ccsc2)C(F)(F)F)n1. The van der Waals surface area contributed by atoms with Crippen molar-refractivity contribution < 1.29 is 23.1 Å². The molecule has 0 unspecified atom stereocenters. The molecule has 3 rings (SSSR count). The van der Waals surface area contributed by atoms with Gasteiger partial charge >= 0.3 is 6.18 Å². The molecule has 0 radical (unpaired) electrons. The zero-order valence-corrected chi connectivity index (χ0v) is 15.0. The molecule has 0 saturated carbocycles. The van der Waals surface area contributed by atoms with E-state index in [-0.39, 0.29) is 6.04 Å². The van der Waals surface area contributed by atoms with E-state index in [1.54, 1.807) is 6.92 Å². The van der Waals surface area contributed by atoms with Crippen molar-refractivity contribution in [1.82, 2.24) is 9.88 Å². The third-order valence-electron chi connectivity index (χ3n) is 4.35. The Labute approximate surface area is 150 Å². The van der Waals surface area contributed by atoms with Crippen LogP contribution < -0.4 is 0 Å². The van der Waals surface area contributed by atoms with Gasteiger partial charge in [0.15, 0.2) is 0 Å². The van der Waals surface area contributed by atoms with Crippen molar-refractivity contribution in [2.24, 2.45) is 0 Å². The minimum atomic E-state index is -4.98. The van der Waals surface area contributed by atoms with Crippen LogP contribution in [0.3, 0.4) is 0 Å². The van der Waals surface area contributed by atoms with Gasteiger partial charge in [-0.1, -0.05) is 0 Å². The van der Waals surface area contributed by atoms with Gasteiger partial charge < -0.3 is 10.0 Å². The van der Waals surface area contributed by atoms with Gasteiger partial charge in [-0.25, -0.2) is 4.98 Å². The van der Waals surface area contributed by atoms with Crippen LogP contribution in [0.15, 0.2) is 22.2 Å². The summed E-state index contributed by atoms with van der Waals surface area (Å²) in [5.41, 5.74) is -1.95. The molecule has 3 heterocycles. The molecule has 136 valence electrons. The lowest BCUT2D eigenvalue weighted by atomic mass is 9.98. The molecule has 2 aromatic rings. The number of thiophene rings is 1. The summed E-state index contributed by atoms with van der Waals surface area (Å²) in [5.74, 6) is -0.707. The van der Waals surface area contributed by atoms with Crippen LogP contribution in [0, 0.1) is 6.92 Å². The zero-order chi connectivity index (χ0) is 18.2. The van der Waals surface area contributed by atoms with Gasteiger partial charge in [-0.05, 0) is 42.2 Å². The van der Waals surface area contributed by atoms with Crippen molar-refractivity contribution in [1.29, 1.82) is 0 Å². The van der Waals surface area contributed by atoms with Crippen LogP contribution in [0.1, 0.15) is 41.6 Å². The number of rotatable bonds is 4. The maximum Gasteiger partial charge on any atom is 0.424 e. The van der Waals surface area contributed by atoms with E-state index < -0.39 is 29.1 Å². The predicted octanol–water partition coefficient (Wildman–Crippen LogP) is 4.02. The minimum absolute atomic E-state index is 0.228. The number of alkyl halides is 3. The van der Waals surface area contributed by atoms with Gasteiger partial charge in [0.25, 0.3) is 0 Å². The number of aliphatic hydroxyl groups is 1. The van der Waals surface area contributed by atoms with Crippen LogP contribution >= 0.6 is 22.7 Å². The molecule has 1 fully saturated rings. The normalized spacial score (nSPS) is 20.7. The second kappa shape index (κ2) is 6.69. The smallest absolute Gasteiger partial charge is 0.374 e. The summed E-state index contributed by atoms with van der Waals surface area (Å²) in [6, 6.07) is 1.65. The number of aryl methyl sites for hydroxylation is 1. The second-order valence-corrected chi connectivity index (χ2v) is 7.77. The third-order valence-corrected chi connectivity index (χ3v) is 6.16. The number of carbonyl (C=O) groups is 1. The highest BCUT2D eigenvalue weighted by Crippen LogP contribution is 2.44. The number of amides is 1. The molecule has 9 heteroatoms. The Morgan fingerprint density at radius 3 is 2.76 bits per heavy atom. The summed E-state index contributed by atoms with van der Waals surface area (Å²) in [4.78, 5) is 17.9. The Bertz CT molecular complexity index is 745.